The molecule has 2 heterocycles. The summed E-state index contributed by atoms with van der Waals surface area (Å²) >= 11 is 0. The highest BCUT2D eigenvalue weighted by Gasteiger charge is 2.14. The molecular weight excluding hydrogens is 274 g/mol. The van der Waals surface area contributed by atoms with E-state index in [1.165, 1.54) is 23.1 Å². The zero-order valence-electron chi connectivity index (χ0n) is 10.5. The molecular formula is C12H7N7O2. The molecule has 102 valence electrons. The summed E-state index contributed by atoms with van der Waals surface area (Å²) < 4.78 is 1.34. The number of rotatable bonds is 3. The molecule has 0 bridgehead atoms. The third kappa shape index (κ3) is 2.13. The second kappa shape index (κ2) is 4.91. The number of aromatic carboxylic acids is 1. The molecule has 0 radical (unpaired) electrons. The molecule has 0 aliphatic rings. The fourth-order valence-electron chi connectivity index (χ4n) is 1.92. The predicted molar refractivity (Wildman–Crippen MR) is 72.4 cm³/mol. The first kappa shape index (κ1) is 12.6. The van der Waals surface area contributed by atoms with E-state index in [-0.39, 0.29) is 17.2 Å². The molecule has 9 nitrogen and oxygen atoms in total. The van der Waals surface area contributed by atoms with Gasteiger partial charge in [-0.1, -0.05) is 12.1 Å². The van der Waals surface area contributed by atoms with Gasteiger partial charge in [0.2, 0.25) is 0 Å². The molecule has 2 aromatic heterocycles. The molecule has 0 unspecified atom stereocenters. The summed E-state index contributed by atoms with van der Waals surface area (Å²) in [6, 6.07) is 4.82. The lowest BCUT2D eigenvalue weighted by molar-refractivity contribution is 0.0699. The van der Waals surface area contributed by atoms with Crippen molar-refractivity contribution in [3.8, 4) is 5.82 Å². The minimum Gasteiger partial charge on any atom is -0.478 e. The minimum atomic E-state index is -1.07. The van der Waals surface area contributed by atoms with Crippen LogP contribution in [-0.2, 0) is 0 Å². The molecule has 3 aromatic rings. The van der Waals surface area contributed by atoms with Gasteiger partial charge < -0.3 is 5.11 Å². The fourth-order valence-corrected chi connectivity index (χ4v) is 1.92. The maximum atomic E-state index is 11.2. The van der Waals surface area contributed by atoms with Crippen LogP contribution in [0.25, 0.3) is 27.2 Å². The number of benzene rings is 1. The number of aromatic nitrogens is 4. The van der Waals surface area contributed by atoms with E-state index in [1.807, 2.05) is 0 Å². The molecule has 9 heteroatoms. The molecule has 1 N–H and O–H groups in total. The van der Waals surface area contributed by atoms with Crippen LogP contribution in [0.2, 0.25) is 0 Å². The summed E-state index contributed by atoms with van der Waals surface area (Å²) in [5, 5.41) is 17.4. The highest BCUT2D eigenvalue weighted by atomic mass is 16.4. The number of carboxylic acids is 1. The van der Waals surface area contributed by atoms with E-state index >= 15 is 0 Å². The molecule has 21 heavy (non-hydrogen) atoms. The smallest absolute Gasteiger partial charge is 0.337 e. The molecule has 0 fully saturated rings. The van der Waals surface area contributed by atoms with Crippen molar-refractivity contribution in [1.29, 1.82) is 0 Å². The Hall–Kier alpha value is -3.45. The lowest BCUT2D eigenvalue weighted by Gasteiger charge is -2.01. The molecule has 1 aromatic carbocycles. The first-order valence-corrected chi connectivity index (χ1v) is 5.79. The Kier molecular flexibility index (Phi) is 2.94. The highest BCUT2D eigenvalue weighted by molar-refractivity contribution is 6.01. The Bertz CT molecular complexity index is 896. The van der Waals surface area contributed by atoms with Crippen LogP contribution < -0.4 is 0 Å². The standard InChI is InChI=1S/C12H7N7O2/c13-18-16-10-11(15-5-4-14-10)19-6-7-2-1-3-8(12(20)21)9(7)17-19/h1-6H,(H,20,21). The Morgan fingerprint density at radius 3 is 2.90 bits per heavy atom. The first-order chi connectivity index (χ1) is 10.2. The van der Waals surface area contributed by atoms with Crippen LogP contribution in [0.15, 0.2) is 41.9 Å². The molecule has 0 saturated heterocycles. The van der Waals surface area contributed by atoms with Crippen LogP contribution in [0.3, 0.4) is 0 Å². The zero-order valence-corrected chi connectivity index (χ0v) is 10.5. The lowest BCUT2D eigenvalue weighted by Crippen LogP contribution is -2.01. The molecule has 0 aliphatic carbocycles. The van der Waals surface area contributed by atoms with Gasteiger partial charge in [0.1, 0.15) is 5.52 Å². The van der Waals surface area contributed by atoms with Crippen LogP contribution in [0.5, 0.6) is 0 Å². The number of hydrogen-bond acceptors (Lipinski definition) is 5. The predicted octanol–water partition coefficient (Wildman–Crippen LogP) is 2.46. The molecule has 0 spiro atoms. The average Bonchev–Trinajstić information content (AvgIpc) is 2.91. The van der Waals surface area contributed by atoms with E-state index in [9.17, 15) is 4.79 Å². The van der Waals surface area contributed by atoms with Crippen molar-refractivity contribution in [2.24, 2.45) is 5.11 Å². The van der Waals surface area contributed by atoms with Crippen LogP contribution in [0, 0.1) is 0 Å². The SMILES string of the molecule is [N-]=[N+]=Nc1nccnc1-n1cc2cccc(C(=O)O)c2n1. The topological polar surface area (TPSA) is 130 Å². The third-order valence-electron chi connectivity index (χ3n) is 2.78. The van der Waals surface area contributed by atoms with Crippen molar-refractivity contribution in [3.05, 3.63) is 52.8 Å². The third-order valence-corrected chi connectivity index (χ3v) is 2.78. The summed E-state index contributed by atoms with van der Waals surface area (Å²) in [6.45, 7) is 0. The van der Waals surface area contributed by atoms with Crippen LogP contribution in [0.4, 0.5) is 5.82 Å². The van der Waals surface area contributed by atoms with Gasteiger partial charge in [-0.25, -0.2) is 19.4 Å². The van der Waals surface area contributed by atoms with Crippen molar-refractivity contribution in [1.82, 2.24) is 19.7 Å². The van der Waals surface area contributed by atoms with E-state index in [4.69, 9.17) is 10.6 Å². The minimum absolute atomic E-state index is 0.0599. The largest absolute Gasteiger partial charge is 0.478 e. The summed E-state index contributed by atoms with van der Waals surface area (Å²) in [6.07, 6.45) is 4.41. The number of nitrogens with zero attached hydrogens (tertiary/aromatic N) is 7. The van der Waals surface area contributed by atoms with Crippen molar-refractivity contribution in [3.63, 3.8) is 0 Å². The summed E-state index contributed by atoms with van der Waals surface area (Å²) in [7, 11) is 0. The first-order valence-electron chi connectivity index (χ1n) is 5.79. The molecule has 0 atom stereocenters. The van der Waals surface area contributed by atoms with Gasteiger partial charge in [-0.15, -0.1) is 0 Å². The summed E-state index contributed by atoms with van der Waals surface area (Å²) in [5.74, 6) is -0.784. The summed E-state index contributed by atoms with van der Waals surface area (Å²) in [4.78, 5) is 21.8. The maximum absolute atomic E-state index is 11.2. The monoisotopic (exact) mass is 281 g/mol. The van der Waals surface area contributed by atoms with Gasteiger partial charge in [-0.2, -0.15) is 5.10 Å². The zero-order chi connectivity index (χ0) is 14.8. The Morgan fingerprint density at radius 2 is 2.14 bits per heavy atom. The van der Waals surface area contributed by atoms with E-state index in [0.29, 0.717) is 10.9 Å². The van der Waals surface area contributed by atoms with Gasteiger partial charge in [0.25, 0.3) is 0 Å². The van der Waals surface area contributed by atoms with Crippen LogP contribution >= 0.6 is 0 Å². The van der Waals surface area contributed by atoms with Crippen LogP contribution in [-0.4, -0.2) is 30.8 Å². The van der Waals surface area contributed by atoms with E-state index in [0.717, 1.165) is 0 Å². The highest BCUT2D eigenvalue weighted by Crippen LogP contribution is 2.22. The number of hydrogen-bond donors (Lipinski definition) is 1. The van der Waals surface area contributed by atoms with Crippen molar-refractivity contribution in [2.45, 2.75) is 0 Å². The van der Waals surface area contributed by atoms with Crippen molar-refractivity contribution in [2.75, 3.05) is 0 Å². The number of fused-ring (bicyclic) bond motifs is 1. The van der Waals surface area contributed by atoms with Crippen molar-refractivity contribution >= 4 is 22.7 Å². The Labute approximate surface area is 117 Å². The number of carbonyl (C=O) groups is 1. The average molecular weight is 281 g/mol. The van der Waals surface area contributed by atoms with Gasteiger partial charge in [-0.05, 0) is 16.7 Å². The normalized spacial score (nSPS) is 10.3. The van der Waals surface area contributed by atoms with E-state index in [1.54, 1.807) is 18.3 Å². The van der Waals surface area contributed by atoms with Gasteiger partial charge >= 0.3 is 5.97 Å². The maximum Gasteiger partial charge on any atom is 0.337 e. The second-order valence-electron chi connectivity index (χ2n) is 4.02. The molecule has 0 saturated carbocycles. The van der Waals surface area contributed by atoms with Crippen molar-refractivity contribution < 1.29 is 9.90 Å². The number of carboxylic acid groups (broad SMARTS) is 1. The van der Waals surface area contributed by atoms with Gasteiger partial charge in [0, 0.05) is 28.9 Å². The van der Waals surface area contributed by atoms with Crippen LogP contribution in [0.1, 0.15) is 10.4 Å². The fraction of sp³-hybridized carbons (Fsp3) is 0. The molecule has 3 rings (SSSR count). The quantitative estimate of drug-likeness (QED) is 0.447. The second-order valence-corrected chi connectivity index (χ2v) is 4.02. The van der Waals surface area contributed by atoms with Gasteiger partial charge in [0.15, 0.2) is 11.6 Å². The Balaban J connectivity index is 2.25. The lowest BCUT2D eigenvalue weighted by atomic mass is 10.1. The molecule has 0 amide bonds. The van der Waals surface area contributed by atoms with E-state index < -0.39 is 5.97 Å². The van der Waals surface area contributed by atoms with Gasteiger partial charge in [0.05, 0.1) is 5.56 Å². The van der Waals surface area contributed by atoms with E-state index in [2.05, 4.69) is 25.1 Å². The summed E-state index contributed by atoms with van der Waals surface area (Å²) in [5.41, 5.74) is 8.94. The van der Waals surface area contributed by atoms with Gasteiger partial charge in [-0.3, -0.25) is 0 Å². The number of azide groups is 1. The molecule has 0 aliphatic heterocycles. The Morgan fingerprint density at radius 1 is 1.33 bits per heavy atom.